The number of rotatable bonds is 5. The van der Waals surface area contributed by atoms with Crippen molar-refractivity contribution in [1.82, 2.24) is 29.4 Å². The summed E-state index contributed by atoms with van der Waals surface area (Å²) < 4.78 is 10.7. The second-order valence-corrected chi connectivity index (χ2v) is 7.90. The smallest absolute Gasteiger partial charge is 0.147 e. The van der Waals surface area contributed by atoms with E-state index in [4.69, 9.17) is 4.74 Å². The maximum absolute atomic E-state index is 6.21. The van der Waals surface area contributed by atoms with E-state index in [0.717, 1.165) is 51.6 Å². The van der Waals surface area contributed by atoms with Gasteiger partial charge in [0.25, 0.3) is 0 Å². The van der Waals surface area contributed by atoms with E-state index in [1.807, 2.05) is 6.20 Å². The summed E-state index contributed by atoms with van der Waals surface area (Å²) in [6.45, 7) is 7.98. The number of aryl methyl sites for hydroxylation is 1. The molecule has 2 fully saturated rings. The molecule has 7 heteroatoms. The Morgan fingerprint density at radius 1 is 1.19 bits per heavy atom. The number of hydrogen-bond acceptors (Lipinski definition) is 5. The van der Waals surface area contributed by atoms with Gasteiger partial charge < -0.3 is 9.30 Å². The lowest BCUT2D eigenvalue weighted by Gasteiger charge is -2.37. The molecule has 140 valence electrons. The number of hydrogen-bond donors (Lipinski definition) is 0. The zero-order chi connectivity index (χ0) is 17.5. The van der Waals surface area contributed by atoms with Crippen molar-refractivity contribution >= 4 is 0 Å². The molecule has 1 saturated heterocycles. The first-order valence-corrected chi connectivity index (χ1v) is 10.1. The van der Waals surface area contributed by atoms with Crippen LogP contribution in [-0.2, 0) is 24.4 Å². The van der Waals surface area contributed by atoms with Gasteiger partial charge in [-0.25, -0.2) is 0 Å². The quantitative estimate of drug-likeness (QED) is 0.823. The highest BCUT2D eigenvalue weighted by atomic mass is 16.5. The lowest BCUT2D eigenvalue weighted by atomic mass is 9.91. The van der Waals surface area contributed by atoms with Gasteiger partial charge in [-0.15, -0.1) is 10.2 Å². The summed E-state index contributed by atoms with van der Waals surface area (Å²) in [4.78, 5) is 2.54. The Bertz CT molecular complexity index is 764. The second kappa shape index (κ2) is 6.78. The summed E-state index contributed by atoms with van der Waals surface area (Å²) in [7, 11) is 0. The van der Waals surface area contributed by atoms with E-state index in [1.54, 1.807) is 0 Å². The van der Waals surface area contributed by atoms with Crippen molar-refractivity contribution < 1.29 is 4.74 Å². The van der Waals surface area contributed by atoms with E-state index in [9.17, 15) is 0 Å². The van der Waals surface area contributed by atoms with Crippen molar-refractivity contribution in [3.05, 3.63) is 29.6 Å². The molecular formula is C19H28N6O. The first-order valence-electron chi connectivity index (χ1n) is 10.1. The van der Waals surface area contributed by atoms with Crippen molar-refractivity contribution in [2.45, 2.75) is 64.3 Å². The average Bonchev–Trinajstić information content (AvgIpc) is 3.25. The zero-order valence-electron chi connectivity index (χ0n) is 15.5. The monoisotopic (exact) mass is 356 g/mol. The van der Waals surface area contributed by atoms with Crippen molar-refractivity contribution in [1.29, 1.82) is 0 Å². The highest BCUT2D eigenvalue weighted by Gasteiger charge is 2.35. The third kappa shape index (κ3) is 2.97. The van der Waals surface area contributed by atoms with Gasteiger partial charge in [-0.2, -0.15) is 5.10 Å². The fraction of sp³-hybridized carbons (Fsp3) is 0.737. The molecule has 0 aromatic carbocycles. The molecule has 0 spiro atoms. The molecule has 1 saturated carbocycles. The molecule has 5 rings (SSSR count). The zero-order valence-corrected chi connectivity index (χ0v) is 15.5. The van der Waals surface area contributed by atoms with Gasteiger partial charge in [0.1, 0.15) is 17.8 Å². The molecule has 0 bridgehead atoms. The highest BCUT2D eigenvalue weighted by molar-refractivity contribution is 5.11. The van der Waals surface area contributed by atoms with Crippen LogP contribution in [0.2, 0.25) is 0 Å². The summed E-state index contributed by atoms with van der Waals surface area (Å²) in [5, 5.41) is 13.4. The lowest BCUT2D eigenvalue weighted by Crippen LogP contribution is -2.40. The standard InChI is InChI=1S/C19H28N6O/c1-2-25-16(7-8-20-25)18-15(4-3-11-26-18)12-23-9-10-24-17(13-23)21-22-19(24)14-5-6-14/h7-8,14-15,18H,2-6,9-13H2,1H3/t15-,18+/m0/s1. The minimum Gasteiger partial charge on any atom is -0.372 e. The van der Waals surface area contributed by atoms with Crippen LogP contribution in [0, 0.1) is 5.92 Å². The van der Waals surface area contributed by atoms with E-state index >= 15 is 0 Å². The summed E-state index contributed by atoms with van der Waals surface area (Å²) in [6.07, 6.45) is 7.00. The summed E-state index contributed by atoms with van der Waals surface area (Å²) in [5.74, 6) is 3.56. The van der Waals surface area contributed by atoms with Crippen LogP contribution in [0.25, 0.3) is 0 Å². The van der Waals surface area contributed by atoms with E-state index in [2.05, 4.69) is 42.4 Å². The molecule has 2 atom stereocenters. The van der Waals surface area contributed by atoms with Gasteiger partial charge in [-0.3, -0.25) is 9.58 Å². The van der Waals surface area contributed by atoms with Crippen LogP contribution < -0.4 is 0 Å². The fourth-order valence-electron chi connectivity index (χ4n) is 4.57. The molecule has 2 aromatic rings. The Morgan fingerprint density at radius 3 is 2.96 bits per heavy atom. The predicted molar refractivity (Wildman–Crippen MR) is 96.6 cm³/mol. The molecule has 3 aliphatic rings. The highest BCUT2D eigenvalue weighted by Crippen LogP contribution is 2.40. The minimum atomic E-state index is 0.160. The third-order valence-electron chi connectivity index (χ3n) is 6.08. The molecule has 0 radical (unpaired) electrons. The molecule has 2 aromatic heterocycles. The van der Waals surface area contributed by atoms with Crippen LogP contribution in [0.1, 0.15) is 62.0 Å². The molecule has 0 N–H and O–H groups in total. The van der Waals surface area contributed by atoms with E-state index in [-0.39, 0.29) is 6.10 Å². The van der Waals surface area contributed by atoms with Crippen molar-refractivity contribution in [3.63, 3.8) is 0 Å². The van der Waals surface area contributed by atoms with Gasteiger partial charge in [0, 0.05) is 50.8 Å². The van der Waals surface area contributed by atoms with Crippen LogP contribution >= 0.6 is 0 Å². The number of nitrogens with zero attached hydrogens (tertiary/aromatic N) is 6. The Kier molecular flexibility index (Phi) is 4.29. The molecule has 4 heterocycles. The van der Waals surface area contributed by atoms with Gasteiger partial charge in [-0.1, -0.05) is 0 Å². The van der Waals surface area contributed by atoms with E-state index in [0.29, 0.717) is 11.8 Å². The van der Waals surface area contributed by atoms with Gasteiger partial charge in [0.05, 0.1) is 12.2 Å². The van der Waals surface area contributed by atoms with E-state index in [1.165, 1.54) is 30.8 Å². The topological polar surface area (TPSA) is 61.0 Å². The normalized spacial score (nSPS) is 26.8. The van der Waals surface area contributed by atoms with Gasteiger partial charge >= 0.3 is 0 Å². The third-order valence-corrected chi connectivity index (χ3v) is 6.08. The Morgan fingerprint density at radius 2 is 2.12 bits per heavy atom. The van der Waals surface area contributed by atoms with Crippen LogP contribution in [0.3, 0.4) is 0 Å². The average molecular weight is 356 g/mol. The van der Waals surface area contributed by atoms with Crippen molar-refractivity contribution in [2.24, 2.45) is 5.92 Å². The van der Waals surface area contributed by atoms with Crippen LogP contribution in [0.4, 0.5) is 0 Å². The fourth-order valence-corrected chi connectivity index (χ4v) is 4.57. The van der Waals surface area contributed by atoms with Crippen LogP contribution in [0.15, 0.2) is 12.3 Å². The Labute approximate surface area is 154 Å². The number of fused-ring (bicyclic) bond motifs is 1. The van der Waals surface area contributed by atoms with Gasteiger partial charge in [0.15, 0.2) is 0 Å². The lowest BCUT2D eigenvalue weighted by molar-refractivity contribution is -0.0458. The molecule has 7 nitrogen and oxygen atoms in total. The number of ether oxygens (including phenoxy) is 1. The molecule has 0 amide bonds. The molecular weight excluding hydrogens is 328 g/mol. The van der Waals surface area contributed by atoms with E-state index < -0.39 is 0 Å². The predicted octanol–water partition coefficient (Wildman–Crippen LogP) is 2.36. The molecule has 1 aliphatic carbocycles. The minimum absolute atomic E-state index is 0.160. The maximum Gasteiger partial charge on any atom is 0.147 e. The first kappa shape index (κ1) is 16.4. The van der Waals surface area contributed by atoms with Gasteiger partial charge in [0.2, 0.25) is 0 Å². The summed E-state index contributed by atoms with van der Waals surface area (Å²) >= 11 is 0. The Balaban J connectivity index is 1.30. The van der Waals surface area contributed by atoms with Gasteiger partial charge in [-0.05, 0) is 38.7 Å². The second-order valence-electron chi connectivity index (χ2n) is 7.90. The largest absolute Gasteiger partial charge is 0.372 e. The van der Waals surface area contributed by atoms with Crippen molar-refractivity contribution in [3.8, 4) is 0 Å². The first-order chi connectivity index (χ1) is 12.8. The molecule has 0 unspecified atom stereocenters. The summed E-state index contributed by atoms with van der Waals surface area (Å²) in [6, 6.07) is 2.13. The molecule has 26 heavy (non-hydrogen) atoms. The SMILES string of the molecule is CCn1nccc1[C@@H]1OCCC[C@H]1CN1CCn2c(nnc2C2CC2)C1. The Hall–Kier alpha value is -1.73. The summed E-state index contributed by atoms with van der Waals surface area (Å²) in [5.41, 5.74) is 1.23. The van der Waals surface area contributed by atoms with Crippen molar-refractivity contribution in [2.75, 3.05) is 19.7 Å². The number of aromatic nitrogens is 5. The van der Waals surface area contributed by atoms with Crippen LogP contribution in [0.5, 0.6) is 0 Å². The molecule has 2 aliphatic heterocycles. The van der Waals surface area contributed by atoms with Crippen LogP contribution in [-0.4, -0.2) is 49.1 Å². The maximum atomic E-state index is 6.21.